The van der Waals surface area contributed by atoms with Crippen LogP contribution in [0.15, 0.2) is 18.2 Å². The zero-order chi connectivity index (χ0) is 18.3. The van der Waals surface area contributed by atoms with E-state index in [1.54, 1.807) is 4.68 Å². The summed E-state index contributed by atoms with van der Waals surface area (Å²) in [6.07, 6.45) is 3.93. The molecule has 1 unspecified atom stereocenters. The molecule has 26 heavy (non-hydrogen) atoms. The number of alkyl halides is 1. The second-order valence-electron chi connectivity index (χ2n) is 8.00. The maximum atomic E-state index is 12.5. The van der Waals surface area contributed by atoms with Crippen LogP contribution in [0.3, 0.4) is 0 Å². The number of amides is 1. The Morgan fingerprint density at radius 1 is 1.38 bits per heavy atom. The molecule has 7 heteroatoms. The molecule has 0 fully saturated rings. The Balaban J connectivity index is 1.56. The molecule has 1 aromatic heterocycles. The molecule has 0 radical (unpaired) electrons. The SMILES string of the molecule is CC1(C)CCc2cc(CN(C(=O)CCl)C3CCc4nnnn4C3)ccc21. The summed E-state index contributed by atoms with van der Waals surface area (Å²) in [5.41, 5.74) is 4.27. The Labute approximate surface area is 158 Å². The van der Waals surface area contributed by atoms with E-state index in [4.69, 9.17) is 11.6 Å². The number of nitrogens with zero attached hydrogens (tertiary/aromatic N) is 5. The number of halogens is 1. The molecule has 2 aliphatic rings. The van der Waals surface area contributed by atoms with E-state index < -0.39 is 0 Å². The van der Waals surface area contributed by atoms with Crippen molar-refractivity contribution in [1.82, 2.24) is 25.1 Å². The first-order valence-corrected chi connectivity index (χ1v) is 9.74. The smallest absolute Gasteiger partial charge is 0.238 e. The van der Waals surface area contributed by atoms with Crippen molar-refractivity contribution in [3.8, 4) is 0 Å². The van der Waals surface area contributed by atoms with Crippen molar-refractivity contribution in [2.45, 2.75) is 64.1 Å². The summed E-state index contributed by atoms with van der Waals surface area (Å²) >= 11 is 5.90. The number of aromatic nitrogens is 4. The molecule has 1 atom stereocenters. The maximum absolute atomic E-state index is 12.5. The van der Waals surface area contributed by atoms with Gasteiger partial charge in [0, 0.05) is 13.0 Å². The first-order valence-electron chi connectivity index (χ1n) is 9.21. The van der Waals surface area contributed by atoms with Gasteiger partial charge < -0.3 is 4.90 Å². The van der Waals surface area contributed by atoms with Crippen molar-refractivity contribution in [3.05, 3.63) is 40.7 Å². The van der Waals surface area contributed by atoms with Crippen LogP contribution in [0.2, 0.25) is 0 Å². The highest BCUT2D eigenvalue weighted by molar-refractivity contribution is 6.27. The highest BCUT2D eigenvalue weighted by Gasteiger charge is 2.31. The van der Waals surface area contributed by atoms with Crippen molar-refractivity contribution < 1.29 is 4.79 Å². The van der Waals surface area contributed by atoms with E-state index in [0.29, 0.717) is 13.1 Å². The van der Waals surface area contributed by atoms with Gasteiger partial charge in [-0.05, 0) is 51.8 Å². The summed E-state index contributed by atoms with van der Waals surface area (Å²) < 4.78 is 1.80. The highest BCUT2D eigenvalue weighted by atomic mass is 35.5. The van der Waals surface area contributed by atoms with Crippen molar-refractivity contribution in [2.24, 2.45) is 0 Å². The van der Waals surface area contributed by atoms with Crippen LogP contribution in [0.4, 0.5) is 0 Å². The Kier molecular flexibility index (Phi) is 4.47. The fourth-order valence-electron chi connectivity index (χ4n) is 4.27. The summed E-state index contributed by atoms with van der Waals surface area (Å²) in [5.74, 6) is 0.852. The predicted molar refractivity (Wildman–Crippen MR) is 99.0 cm³/mol. The van der Waals surface area contributed by atoms with Gasteiger partial charge in [-0.2, -0.15) is 0 Å². The molecular weight excluding hydrogens is 350 g/mol. The van der Waals surface area contributed by atoms with E-state index in [2.05, 4.69) is 47.6 Å². The van der Waals surface area contributed by atoms with Crippen molar-refractivity contribution in [3.63, 3.8) is 0 Å². The molecule has 6 nitrogen and oxygen atoms in total. The van der Waals surface area contributed by atoms with Gasteiger partial charge in [0.1, 0.15) is 5.88 Å². The van der Waals surface area contributed by atoms with Crippen molar-refractivity contribution >= 4 is 17.5 Å². The molecule has 138 valence electrons. The van der Waals surface area contributed by atoms with Crippen LogP contribution in [-0.2, 0) is 36.1 Å². The third-order valence-corrected chi connectivity index (χ3v) is 6.07. The Hall–Kier alpha value is -1.95. The number of carbonyl (C=O) groups is 1. The van der Waals surface area contributed by atoms with Gasteiger partial charge in [-0.15, -0.1) is 16.7 Å². The topological polar surface area (TPSA) is 63.9 Å². The van der Waals surface area contributed by atoms with E-state index in [1.165, 1.54) is 23.1 Å². The van der Waals surface area contributed by atoms with Crippen molar-refractivity contribution in [1.29, 1.82) is 0 Å². The number of benzene rings is 1. The van der Waals surface area contributed by atoms with Crippen LogP contribution in [0.25, 0.3) is 0 Å². The molecule has 1 amide bonds. The molecule has 4 rings (SSSR count). The number of hydrogen-bond donors (Lipinski definition) is 0. The van der Waals surface area contributed by atoms with Crippen LogP contribution in [0.1, 0.15) is 49.2 Å². The maximum Gasteiger partial charge on any atom is 0.238 e. The summed E-state index contributed by atoms with van der Waals surface area (Å²) in [6, 6.07) is 6.73. The van der Waals surface area contributed by atoms with Crippen LogP contribution < -0.4 is 0 Å². The molecule has 2 heterocycles. The molecule has 0 spiro atoms. The lowest BCUT2D eigenvalue weighted by Crippen LogP contribution is -2.45. The number of carbonyl (C=O) groups excluding carboxylic acids is 1. The normalized spacial score (nSPS) is 20.5. The Bertz CT molecular complexity index is 831. The number of fused-ring (bicyclic) bond motifs is 2. The molecular formula is C19H24ClN5O. The lowest BCUT2D eigenvalue weighted by atomic mass is 9.86. The summed E-state index contributed by atoms with van der Waals surface area (Å²) in [4.78, 5) is 14.4. The van der Waals surface area contributed by atoms with Gasteiger partial charge in [0.15, 0.2) is 5.82 Å². The fraction of sp³-hybridized carbons (Fsp3) is 0.579. The fourth-order valence-corrected chi connectivity index (χ4v) is 4.43. The summed E-state index contributed by atoms with van der Waals surface area (Å²) in [6.45, 7) is 5.81. The predicted octanol–water partition coefficient (Wildman–Crippen LogP) is 2.48. The van der Waals surface area contributed by atoms with Crippen LogP contribution in [0, 0.1) is 0 Å². The number of tetrazole rings is 1. The third kappa shape index (κ3) is 3.11. The molecule has 1 aliphatic heterocycles. The van der Waals surface area contributed by atoms with E-state index in [9.17, 15) is 4.79 Å². The first-order chi connectivity index (χ1) is 12.5. The lowest BCUT2D eigenvalue weighted by molar-refractivity contribution is -0.132. The Morgan fingerprint density at radius 2 is 2.23 bits per heavy atom. The zero-order valence-electron chi connectivity index (χ0n) is 15.3. The van der Waals surface area contributed by atoms with Gasteiger partial charge in [-0.25, -0.2) is 4.68 Å². The monoisotopic (exact) mass is 373 g/mol. The standard InChI is InChI=1S/C19H24ClN5O/c1-19(2)8-7-14-9-13(3-5-16(14)19)11-24(18(26)10-20)15-4-6-17-21-22-23-25(17)12-15/h3,5,9,15H,4,6-8,10-12H2,1-2H3. The molecule has 0 saturated carbocycles. The quantitative estimate of drug-likeness (QED) is 0.772. The lowest BCUT2D eigenvalue weighted by Gasteiger charge is -2.34. The molecule has 2 aromatic rings. The van der Waals surface area contributed by atoms with E-state index in [1.807, 2.05) is 4.90 Å². The van der Waals surface area contributed by atoms with E-state index in [0.717, 1.165) is 25.1 Å². The van der Waals surface area contributed by atoms with Gasteiger partial charge >= 0.3 is 0 Å². The molecule has 0 bridgehead atoms. The van der Waals surface area contributed by atoms with Crippen LogP contribution in [-0.4, -0.2) is 42.9 Å². The molecule has 0 saturated heterocycles. The van der Waals surface area contributed by atoms with E-state index >= 15 is 0 Å². The number of hydrogen-bond acceptors (Lipinski definition) is 4. The highest BCUT2D eigenvalue weighted by Crippen LogP contribution is 2.38. The van der Waals surface area contributed by atoms with Gasteiger partial charge in [0.2, 0.25) is 5.91 Å². The zero-order valence-corrected chi connectivity index (χ0v) is 16.0. The van der Waals surface area contributed by atoms with Gasteiger partial charge in [-0.1, -0.05) is 32.0 Å². The molecule has 1 aliphatic carbocycles. The average molecular weight is 374 g/mol. The number of aryl methyl sites for hydroxylation is 2. The minimum Gasteiger partial charge on any atom is -0.332 e. The largest absolute Gasteiger partial charge is 0.332 e. The second-order valence-corrected chi connectivity index (χ2v) is 8.27. The van der Waals surface area contributed by atoms with Crippen molar-refractivity contribution in [2.75, 3.05) is 5.88 Å². The summed E-state index contributed by atoms with van der Waals surface area (Å²) in [7, 11) is 0. The third-order valence-electron chi connectivity index (χ3n) is 5.84. The first kappa shape index (κ1) is 17.5. The number of rotatable bonds is 4. The van der Waals surface area contributed by atoms with E-state index in [-0.39, 0.29) is 23.2 Å². The van der Waals surface area contributed by atoms with Gasteiger partial charge in [0.05, 0.1) is 12.6 Å². The van der Waals surface area contributed by atoms with Gasteiger partial charge in [-0.3, -0.25) is 4.79 Å². The minimum absolute atomic E-state index is 0.00304. The summed E-state index contributed by atoms with van der Waals surface area (Å²) in [5, 5.41) is 11.8. The average Bonchev–Trinajstić information content (AvgIpc) is 3.22. The minimum atomic E-state index is -0.0333. The van der Waals surface area contributed by atoms with Crippen LogP contribution >= 0.6 is 11.6 Å². The second kappa shape index (κ2) is 6.65. The molecule has 0 N–H and O–H groups in total. The van der Waals surface area contributed by atoms with Gasteiger partial charge in [0.25, 0.3) is 0 Å². The van der Waals surface area contributed by atoms with Crippen LogP contribution in [0.5, 0.6) is 0 Å². The molecule has 1 aromatic carbocycles. The Morgan fingerprint density at radius 3 is 3.04 bits per heavy atom.